The van der Waals surface area contributed by atoms with Crippen molar-refractivity contribution in [3.05, 3.63) is 70.8 Å². The van der Waals surface area contributed by atoms with E-state index in [1.54, 1.807) is 0 Å². The highest BCUT2D eigenvalue weighted by atomic mass is 19.4. The first-order valence-electron chi connectivity index (χ1n) is 10.2. The molecule has 3 N–H and O–H groups in total. The van der Waals surface area contributed by atoms with E-state index in [-0.39, 0.29) is 28.6 Å². The van der Waals surface area contributed by atoms with Gasteiger partial charge in [0.05, 0.1) is 24.1 Å². The van der Waals surface area contributed by atoms with Gasteiger partial charge in [0.1, 0.15) is 22.8 Å². The molecule has 0 aliphatic heterocycles. The zero-order valence-corrected chi connectivity index (χ0v) is 19.3. The Kier molecular flexibility index (Phi) is 7.69. The Morgan fingerprint density at radius 3 is 2.16 bits per heavy atom. The summed E-state index contributed by atoms with van der Waals surface area (Å²) in [5.74, 6) is -6.44. The molecule has 0 unspecified atom stereocenters. The van der Waals surface area contributed by atoms with Crippen molar-refractivity contribution in [2.24, 2.45) is 5.73 Å². The topological polar surface area (TPSA) is 113 Å². The average Bonchev–Trinajstić information content (AvgIpc) is 2.79. The number of hydrogen-bond donors (Lipinski definition) is 2. The minimum atomic E-state index is -5.19. The van der Waals surface area contributed by atoms with Gasteiger partial charge in [0, 0.05) is 6.07 Å². The monoisotopic (exact) mass is 547 g/mol. The number of nitrogens with zero attached hydrogens (tertiary/aromatic N) is 1. The van der Waals surface area contributed by atoms with Crippen LogP contribution in [0.15, 0.2) is 42.5 Å². The van der Waals surface area contributed by atoms with Gasteiger partial charge in [0.25, 0.3) is 11.8 Å². The van der Waals surface area contributed by atoms with E-state index in [1.165, 1.54) is 13.0 Å². The number of pyridine rings is 1. The molecule has 38 heavy (non-hydrogen) atoms. The first-order valence-corrected chi connectivity index (χ1v) is 10.2. The van der Waals surface area contributed by atoms with Gasteiger partial charge in [-0.3, -0.25) is 9.59 Å². The van der Waals surface area contributed by atoms with Crippen molar-refractivity contribution in [1.29, 1.82) is 0 Å². The van der Waals surface area contributed by atoms with E-state index in [9.17, 15) is 35.9 Å². The molecular weight excluding hydrogens is 531 g/mol. The third-order valence-corrected chi connectivity index (χ3v) is 4.81. The Bertz CT molecular complexity index is 1390. The Morgan fingerprint density at radius 1 is 0.947 bits per heavy atom. The highest BCUT2D eigenvalue weighted by Crippen LogP contribution is 2.41. The number of ether oxygens (including phenoxy) is 3. The Labute approximate surface area is 209 Å². The van der Waals surface area contributed by atoms with Crippen LogP contribution in [0.25, 0.3) is 0 Å². The predicted molar refractivity (Wildman–Crippen MR) is 117 cm³/mol. The van der Waals surface area contributed by atoms with Gasteiger partial charge in [-0.1, -0.05) is 0 Å². The normalized spacial score (nSPS) is 11.6. The molecule has 0 fully saturated rings. The maximum Gasteiger partial charge on any atom is 0.573 e. The predicted octanol–water partition coefficient (Wildman–Crippen LogP) is 5.60. The second kappa shape index (κ2) is 10.4. The highest BCUT2D eigenvalue weighted by Gasteiger charge is 2.38. The average molecular weight is 547 g/mol. The lowest BCUT2D eigenvalue weighted by Gasteiger charge is -2.18. The van der Waals surface area contributed by atoms with Crippen LogP contribution in [0.2, 0.25) is 0 Å². The number of rotatable bonds is 7. The summed E-state index contributed by atoms with van der Waals surface area (Å²) in [6.07, 6.45) is -10.2. The summed E-state index contributed by atoms with van der Waals surface area (Å²) in [6, 6.07) is 5.76. The van der Waals surface area contributed by atoms with Crippen molar-refractivity contribution in [1.82, 2.24) is 4.98 Å². The summed E-state index contributed by atoms with van der Waals surface area (Å²) in [7, 11) is 1.05. The molecule has 0 saturated heterocycles. The molecule has 3 aromatic rings. The molecule has 0 aliphatic rings. The van der Waals surface area contributed by atoms with Gasteiger partial charge >= 0.3 is 12.5 Å². The van der Waals surface area contributed by atoms with Crippen LogP contribution in [0.4, 0.5) is 36.4 Å². The summed E-state index contributed by atoms with van der Waals surface area (Å²) in [6.45, 7) is 1.34. The van der Waals surface area contributed by atoms with E-state index in [2.05, 4.69) is 15.0 Å². The Balaban J connectivity index is 2.06. The van der Waals surface area contributed by atoms with E-state index < -0.39 is 52.8 Å². The fraction of sp³-hybridized carbons (Fsp3) is 0.174. The number of benzene rings is 2. The van der Waals surface area contributed by atoms with Crippen LogP contribution in [-0.2, 0) is 6.18 Å². The minimum absolute atomic E-state index is 0.0337. The standard InChI is InChI=1S/C23H16F7N3O5/c1-10-13(5-6-14(32-10)20(31)34)33-21(35)18-16(8-4-12(19(18)24)22(25,26)27)37-15-7-3-11(9-17(15)36-2)38-23(28,29)30/h3-9H,1-2H3,(H2,31,34)(H,33,35). The molecule has 3 rings (SSSR count). The van der Waals surface area contributed by atoms with Crippen LogP contribution >= 0.6 is 0 Å². The number of nitrogens with two attached hydrogens (primary N) is 1. The number of aromatic nitrogens is 1. The molecule has 2 aromatic carbocycles. The quantitative estimate of drug-likeness (QED) is 0.373. The smallest absolute Gasteiger partial charge is 0.493 e. The number of amides is 2. The maximum atomic E-state index is 15.1. The third kappa shape index (κ3) is 6.41. The van der Waals surface area contributed by atoms with Crippen LogP contribution in [0.1, 0.15) is 32.1 Å². The summed E-state index contributed by atoms with van der Waals surface area (Å²) >= 11 is 0. The van der Waals surface area contributed by atoms with Crippen LogP contribution in [0, 0.1) is 12.7 Å². The molecule has 1 aromatic heterocycles. The lowest BCUT2D eigenvalue weighted by molar-refractivity contribution is -0.274. The molecule has 0 aliphatic carbocycles. The minimum Gasteiger partial charge on any atom is -0.493 e. The van der Waals surface area contributed by atoms with Gasteiger partial charge < -0.3 is 25.3 Å². The number of hydrogen-bond acceptors (Lipinski definition) is 6. The molecule has 202 valence electrons. The second-order valence-corrected chi connectivity index (χ2v) is 7.41. The molecule has 8 nitrogen and oxygen atoms in total. The lowest BCUT2D eigenvalue weighted by Crippen LogP contribution is -2.20. The summed E-state index contributed by atoms with van der Waals surface area (Å²) in [4.78, 5) is 28.1. The molecule has 0 atom stereocenters. The zero-order chi connectivity index (χ0) is 28.4. The van der Waals surface area contributed by atoms with E-state index >= 15 is 4.39 Å². The van der Waals surface area contributed by atoms with Crippen LogP contribution in [0.5, 0.6) is 23.0 Å². The fourth-order valence-electron chi connectivity index (χ4n) is 3.14. The van der Waals surface area contributed by atoms with E-state index in [0.29, 0.717) is 12.1 Å². The summed E-state index contributed by atoms with van der Waals surface area (Å²) in [5, 5.41) is 2.18. The molecule has 0 saturated carbocycles. The number of anilines is 1. The third-order valence-electron chi connectivity index (χ3n) is 4.81. The van der Waals surface area contributed by atoms with Crippen LogP contribution in [-0.4, -0.2) is 30.3 Å². The van der Waals surface area contributed by atoms with Crippen molar-refractivity contribution in [2.45, 2.75) is 19.5 Å². The van der Waals surface area contributed by atoms with E-state index in [1.807, 2.05) is 0 Å². The van der Waals surface area contributed by atoms with Gasteiger partial charge in [-0.25, -0.2) is 9.37 Å². The molecule has 1 heterocycles. The molecule has 2 amide bonds. The number of carbonyl (C=O) groups excluding carboxylic acids is 2. The summed E-state index contributed by atoms with van der Waals surface area (Å²) < 4.78 is 107. The van der Waals surface area contributed by atoms with Crippen molar-refractivity contribution in [3.8, 4) is 23.0 Å². The van der Waals surface area contributed by atoms with Crippen molar-refractivity contribution in [2.75, 3.05) is 12.4 Å². The van der Waals surface area contributed by atoms with Gasteiger partial charge in [0.2, 0.25) is 0 Å². The van der Waals surface area contributed by atoms with Crippen molar-refractivity contribution >= 4 is 17.5 Å². The van der Waals surface area contributed by atoms with Crippen LogP contribution in [0.3, 0.4) is 0 Å². The number of aryl methyl sites for hydroxylation is 1. The number of primary amides is 1. The number of nitrogens with one attached hydrogen (secondary N) is 1. The first kappa shape index (κ1) is 28.0. The number of alkyl halides is 6. The van der Waals surface area contributed by atoms with Crippen molar-refractivity contribution in [3.63, 3.8) is 0 Å². The fourth-order valence-corrected chi connectivity index (χ4v) is 3.14. The van der Waals surface area contributed by atoms with Gasteiger partial charge in [0.15, 0.2) is 17.3 Å². The SMILES string of the molecule is COc1cc(OC(F)(F)F)ccc1Oc1ccc(C(F)(F)F)c(F)c1C(=O)Nc1ccc(C(N)=O)nc1C. The van der Waals surface area contributed by atoms with Gasteiger partial charge in [-0.15, -0.1) is 13.2 Å². The summed E-state index contributed by atoms with van der Waals surface area (Å²) in [5.41, 5.74) is 1.93. The second-order valence-electron chi connectivity index (χ2n) is 7.41. The number of carbonyl (C=O) groups is 2. The van der Waals surface area contributed by atoms with Crippen molar-refractivity contribution < 1.29 is 54.5 Å². The molecule has 0 radical (unpaired) electrons. The molecular formula is C23H16F7N3O5. The molecule has 15 heteroatoms. The Morgan fingerprint density at radius 2 is 1.61 bits per heavy atom. The number of methoxy groups -OCH3 is 1. The first-order chi connectivity index (χ1) is 17.6. The lowest BCUT2D eigenvalue weighted by atomic mass is 10.1. The molecule has 0 spiro atoms. The molecule has 0 bridgehead atoms. The zero-order valence-electron chi connectivity index (χ0n) is 19.3. The Hall–Kier alpha value is -4.56. The highest BCUT2D eigenvalue weighted by molar-refractivity contribution is 6.07. The largest absolute Gasteiger partial charge is 0.573 e. The van der Waals surface area contributed by atoms with E-state index in [0.717, 1.165) is 31.4 Å². The van der Waals surface area contributed by atoms with E-state index in [4.69, 9.17) is 15.2 Å². The van der Waals surface area contributed by atoms with Gasteiger partial charge in [-0.05, 0) is 43.3 Å². The van der Waals surface area contributed by atoms with Crippen LogP contribution < -0.4 is 25.3 Å². The maximum absolute atomic E-state index is 15.1. The van der Waals surface area contributed by atoms with Gasteiger partial charge in [-0.2, -0.15) is 13.2 Å². The number of halogens is 7.